The number of benzene rings is 1. The van der Waals surface area contributed by atoms with Crippen LogP contribution in [0.25, 0.3) is 0 Å². The fourth-order valence-corrected chi connectivity index (χ4v) is 1.97. The number of aryl methyl sites for hydroxylation is 1. The minimum absolute atomic E-state index is 0.0302. The Labute approximate surface area is 123 Å². The molecule has 0 aliphatic carbocycles. The zero-order valence-corrected chi connectivity index (χ0v) is 13.7. The summed E-state index contributed by atoms with van der Waals surface area (Å²) >= 11 is 0. The van der Waals surface area contributed by atoms with Crippen LogP contribution in [0.3, 0.4) is 0 Å². The molecule has 0 aliphatic heterocycles. The number of rotatable bonds is 6. The summed E-state index contributed by atoms with van der Waals surface area (Å²) in [6, 6.07) is 6.57. The van der Waals surface area contributed by atoms with Crippen molar-refractivity contribution in [3.05, 3.63) is 29.3 Å². The molecule has 0 aliphatic rings. The van der Waals surface area contributed by atoms with Crippen LogP contribution in [0.4, 0.5) is 0 Å². The van der Waals surface area contributed by atoms with Gasteiger partial charge < -0.3 is 15.2 Å². The van der Waals surface area contributed by atoms with Gasteiger partial charge in [0.2, 0.25) is 0 Å². The predicted octanol–water partition coefficient (Wildman–Crippen LogP) is 3.03. The van der Waals surface area contributed by atoms with E-state index in [9.17, 15) is 5.11 Å². The molecule has 1 aromatic rings. The molecule has 1 unspecified atom stereocenters. The molecule has 20 heavy (non-hydrogen) atoms. The third kappa shape index (κ3) is 5.51. The molecule has 1 rings (SSSR count). The second kappa shape index (κ2) is 7.09. The van der Waals surface area contributed by atoms with E-state index in [2.05, 4.69) is 52.9 Å². The SMILES string of the molecule is Cc1ccc(OCC(O)CNC(C)C)c(C(C)(C)C)c1. The number of hydrogen-bond donors (Lipinski definition) is 2. The molecule has 0 saturated heterocycles. The molecule has 0 bridgehead atoms. The van der Waals surface area contributed by atoms with Crippen molar-refractivity contribution in [1.82, 2.24) is 5.32 Å². The maximum atomic E-state index is 9.92. The van der Waals surface area contributed by atoms with Gasteiger partial charge in [0.05, 0.1) is 0 Å². The smallest absolute Gasteiger partial charge is 0.123 e. The van der Waals surface area contributed by atoms with E-state index >= 15 is 0 Å². The number of nitrogens with one attached hydrogen (secondary N) is 1. The fraction of sp³-hybridized carbons (Fsp3) is 0.647. The molecular weight excluding hydrogens is 250 g/mol. The summed E-state index contributed by atoms with van der Waals surface area (Å²) in [6.07, 6.45) is -0.494. The van der Waals surface area contributed by atoms with Crippen molar-refractivity contribution in [3.63, 3.8) is 0 Å². The average Bonchev–Trinajstić information content (AvgIpc) is 2.33. The van der Waals surface area contributed by atoms with Gasteiger partial charge in [0.15, 0.2) is 0 Å². The Hall–Kier alpha value is -1.06. The normalized spacial score (nSPS) is 13.6. The molecule has 0 heterocycles. The second-order valence-corrected chi connectivity index (χ2v) is 6.78. The van der Waals surface area contributed by atoms with E-state index in [-0.39, 0.29) is 5.41 Å². The molecule has 0 spiro atoms. The van der Waals surface area contributed by atoms with Crippen LogP contribution in [0.5, 0.6) is 5.75 Å². The van der Waals surface area contributed by atoms with Crippen molar-refractivity contribution < 1.29 is 9.84 Å². The Morgan fingerprint density at radius 1 is 1.25 bits per heavy atom. The Morgan fingerprint density at radius 3 is 2.45 bits per heavy atom. The van der Waals surface area contributed by atoms with E-state index in [1.165, 1.54) is 11.1 Å². The molecule has 3 heteroatoms. The van der Waals surface area contributed by atoms with Crippen molar-refractivity contribution in [2.75, 3.05) is 13.2 Å². The van der Waals surface area contributed by atoms with Crippen molar-refractivity contribution in [2.45, 2.75) is 59.1 Å². The molecular formula is C17H29NO2. The van der Waals surface area contributed by atoms with E-state index in [0.717, 1.165) is 5.75 Å². The molecule has 0 aromatic heterocycles. The third-order valence-corrected chi connectivity index (χ3v) is 3.14. The Bertz CT molecular complexity index is 421. The van der Waals surface area contributed by atoms with Crippen LogP contribution in [0, 0.1) is 6.92 Å². The third-order valence-electron chi connectivity index (χ3n) is 3.14. The van der Waals surface area contributed by atoms with Crippen molar-refractivity contribution in [3.8, 4) is 5.75 Å². The van der Waals surface area contributed by atoms with E-state index in [1.807, 2.05) is 12.1 Å². The minimum Gasteiger partial charge on any atom is -0.491 e. The first kappa shape index (κ1) is 17.0. The van der Waals surface area contributed by atoms with Crippen LogP contribution in [-0.4, -0.2) is 30.4 Å². The lowest BCUT2D eigenvalue weighted by Crippen LogP contribution is -2.35. The monoisotopic (exact) mass is 279 g/mol. The van der Waals surface area contributed by atoms with Gasteiger partial charge in [-0.15, -0.1) is 0 Å². The highest BCUT2D eigenvalue weighted by molar-refractivity contribution is 5.41. The van der Waals surface area contributed by atoms with E-state index in [1.54, 1.807) is 0 Å². The Morgan fingerprint density at radius 2 is 1.90 bits per heavy atom. The molecule has 1 atom stereocenters. The molecule has 0 amide bonds. The Kier molecular flexibility index (Phi) is 6.03. The van der Waals surface area contributed by atoms with Crippen molar-refractivity contribution >= 4 is 0 Å². The van der Waals surface area contributed by atoms with Crippen LogP contribution < -0.4 is 10.1 Å². The minimum atomic E-state index is -0.494. The standard InChI is InChI=1S/C17H29NO2/c1-12(2)18-10-14(19)11-20-16-8-7-13(3)9-15(16)17(4,5)6/h7-9,12,14,18-19H,10-11H2,1-6H3. The molecule has 114 valence electrons. The van der Waals surface area contributed by atoms with Crippen LogP contribution >= 0.6 is 0 Å². The number of hydrogen-bond acceptors (Lipinski definition) is 3. The molecule has 0 fully saturated rings. The molecule has 0 radical (unpaired) electrons. The van der Waals surface area contributed by atoms with Crippen molar-refractivity contribution in [2.24, 2.45) is 0 Å². The number of ether oxygens (including phenoxy) is 1. The van der Waals surface area contributed by atoms with Crippen LogP contribution in [0.2, 0.25) is 0 Å². The first-order valence-electron chi connectivity index (χ1n) is 7.35. The zero-order valence-electron chi connectivity index (χ0n) is 13.7. The van der Waals surface area contributed by atoms with Crippen LogP contribution in [0.15, 0.2) is 18.2 Å². The lowest BCUT2D eigenvalue weighted by atomic mass is 9.85. The highest BCUT2D eigenvalue weighted by atomic mass is 16.5. The molecule has 3 nitrogen and oxygen atoms in total. The fourth-order valence-electron chi connectivity index (χ4n) is 1.97. The van der Waals surface area contributed by atoms with Gasteiger partial charge in [0, 0.05) is 12.6 Å². The van der Waals surface area contributed by atoms with Gasteiger partial charge in [-0.25, -0.2) is 0 Å². The summed E-state index contributed by atoms with van der Waals surface area (Å²) in [4.78, 5) is 0. The highest BCUT2D eigenvalue weighted by Crippen LogP contribution is 2.32. The number of aliphatic hydroxyl groups excluding tert-OH is 1. The van der Waals surface area contributed by atoms with E-state index in [4.69, 9.17) is 4.74 Å². The molecule has 0 saturated carbocycles. The molecule has 2 N–H and O–H groups in total. The lowest BCUT2D eigenvalue weighted by Gasteiger charge is -2.24. The zero-order chi connectivity index (χ0) is 15.3. The van der Waals surface area contributed by atoms with Gasteiger partial charge in [-0.2, -0.15) is 0 Å². The summed E-state index contributed by atoms with van der Waals surface area (Å²) in [7, 11) is 0. The van der Waals surface area contributed by atoms with Gasteiger partial charge in [-0.3, -0.25) is 0 Å². The quantitative estimate of drug-likeness (QED) is 0.841. The lowest BCUT2D eigenvalue weighted by molar-refractivity contribution is 0.103. The average molecular weight is 279 g/mol. The second-order valence-electron chi connectivity index (χ2n) is 6.78. The number of aliphatic hydroxyl groups is 1. The summed E-state index contributed by atoms with van der Waals surface area (Å²) in [5.41, 5.74) is 2.44. The van der Waals surface area contributed by atoms with Gasteiger partial charge in [0.25, 0.3) is 0 Å². The van der Waals surface area contributed by atoms with Crippen molar-refractivity contribution in [1.29, 1.82) is 0 Å². The van der Waals surface area contributed by atoms with Gasteiger partial charge in [-0.1, -0.05) is 52.3 Å². The topological polar surface area (TPSA) is 41.5 Å². The maximum Gasteiger partial charge on any atom is 0.123 e. The first-order valence-corrected chi connectivity index (χ1v) is 7.35. The summed E-state index contributed by atoms with van der Waals surface area (Å²) in [5, 5.41) is 13.1. The summed E-state index contributed by atoms with van der Waals surface area (Å²) in [6.45, 7) is 13.6. The molecule has 1 aromatic carbocycles. The Balaban J connectivity index is 2.68. The van der Waals surface area contributed by atoms with Gasteiger partial charge >= 0.3 is 0 Å². The summed E-state index contributed by atoms with van der Waals surface area (Å²) in [5.74, 6) is 0.867. The van der Waals surface area contributed by atoms with Gasteiger partial charge in [-0.05, 0) is 24.0 Å². The van der Waals surface area contributed by atoms with Crippen LogP contribution in [0.1, 0.15) is 45.7 Å². The van der Waals surface area contributed by atoms with Crippen LogP contribution in [-0.2, 0) is 5.41 Å². The van der Waals surface area contributed by atoms with E-state index in [0.29, 0.717) is 19.2 Å². The predicted molar refractivity (Wildman–Crippen MR) is 84.5 cm³/mol. The highest BCUT2D eigenvalue weighted by Gasteiger charge is 2.19. The first-order chi connectivity index (χ1) is 9.20. The maximum absolute atomic E-state index is 9.92. The largest absolute Gasteiger partial charge is 0.491 e. The van der Waals surface area contributed by atoms with E-state index < -0.39 is 6.10 Å². The van der Waals surface area contributed by atoms with Gasteiger partial charge in [0.1, 0.15) is 18.5 Å². The summed E-state index contributed by atoms with van der Waals surface area (Å²) < 4.78 is 5.82.